The molecule has 0 radical (unpaired) electrons. The Bertz CT molecular complexity index is 345. The van der Waals surface area contributed by atoms with Crippen molar-refractivity contribution in [1.82, 2.24) is 9.80 Å². The number of hydrogen-bond donors (Lipinski definition) is 2. The van der Waals surface area contributed by atoms with Gasteiger partial charge in [-0.15, -0.1) is 0 Å². The van der Waals surface area contributed by atoms with Crippen LogP contribution in [0.25, 0.3) is 0 Å². The quantitative estimate of drug-likeness (QED) is 0.587. The zero-order valence-electron chi connectivity index (χ0n) is 12.6. The molecule has 2 N–H and O–H groups in total. The number of rotatable bonds is 5. The molecule has 2 fully saturated rings. The second kappa shape index (κ2) is 8.76. The van der Waals surface area contributed by atoms with Crippen LogP contribution >= 0.6 is 21.6 Å². The zero-order chi connectivity index (χ0) is 15.9. The highest BCUT2D eigenvalue weighted by Gasteiger charge is 2.24. The normalized spacial score (nSPS) is 21.1. The summed E-state index contributed by atoms with van der Waals surface area (Å²) in [6.07, 6.45) is 2.28. The first kappa shape index (κ1) is 17.6. The van der Waals surface area contributed by atoms with Crippen LogP contribution in [-0.4, -0.2) is 69.9 Å². The molecule has 0 bridgehead atoms. The Kier molecular flexibility index (Phi) is 7.01. The van der Waals surface area contributed by atoms with Gasteiger partial charge in [0.2, 0.25) is 0 Å². The van der Waals surface area contributed by atoms with E-state index in [1.807, 2.05) is 21.6 Å². The van der Waals surface area contributed by atoms with E-state index in [0.29, 0.717) is 38.0 Å². The maximum absolute atomic E-state index is 10.8. The summed E-state index contributed by atoms with van der Waals surface area (Å²) in [7, 11) is 3.78. The summed E-state index contributed by atoms with van der Waals surface area (Å²) in [5, 5.41) is 17.8. The molecule has 0 aromatic rings. The Morgan fingerprint density at radius 2 is 1.09 bits per heavy atom. The van der Waals surface area contributed by atoms with Gasteiger partial charge in [0.15, 0.2) is 0 Å². The van der Waals surface area contributed by atoms with E-state index >= 15 is 0 Å². The molecule has 0 atom stereocenters. The minimum absolute atomic E-state index is 0.627. The summed E-state index contributed by atoms with van der Waals surface area (Å²) < 4.78 is 0. The Labute approximate surface area is 139 Å². The lowest BCUT2D eigenvalue weighted by atomic mass is 9.99. The van der Waals surface area contributed by atoms with Crippen LogP contribution in [0.1, 0.15) is 25.7 Å². The second-order valence-corrected chi connectivity index (χ2v) is 8.55. The summed E-state index contributed by atoms with van der Waals surface area (Å²) in [5.74, 6) is 3.43. The molecule has 126 valence electrons. The summed E-state index contributed by atoms with van der Waals surface area (Å²) in [5.41, 5.74) is 0. The third-order valence-electron chi connectivity index (χ3n) is 4.46. The van der Waals surface area contributed by atoms with E-state index in [4.69, 9.17) is 10.2 Å². The van der Waals surface area contributed by atoms with Crippen molar-refractivity contribution in [3.63, 3.8) is 0 Å². The fourth-order valence-corrected chi connectivity index (χ4v) is 5.85. The van der Waals surface area contributed by atoms with Gasteiger partial charge in [0, 0.05) is 37.7 Å². The molecule has 0 spiro atoms. The fourth-order valence-electron chi connectivity index (χ4n) is 2.87. The van der Waals surface area contributed by atoms with Crippen LogP contribution < -0.4 is 0 Å². The molecule has 0 unspecified atom stereocenters. The molecule has 22 heavy (non-hydrogen) atoms. The average molecular weight is 348 g/mol. The van der Waals surface area contributed by atoms with Crippen LogP contribution in [0.15, 0.2) is 0 Å². The van der Waals surface area contributed by atoms with Crippen LogP contribution in [0.2, 0.25) is 0 Å². The van der Waals surface area contributed by atoms with E-state index in [-0.39, 0.29) is 0 Å². The Morgan fingerprint density at radius 3 is 1.36 bits per heavy atom. The topological polar surface area (TPSA) is 81.1 Å². The van der Waals surface area contributed by atoms with Crippen molar-refractivity contribution in [3.8, 4) is 0 Å². The second-order valence-electron chi connectivity index (χ2n) is 6.00. The third kappa shape index (κ3) is 5.46. The Morgan fingerprint density at radius 1 is 0.773 bits per heavy atom. The third-order valence-corrected chi connectivity index (χ3v) is 7.16. The molecule has 0 aromatic heterocycles. The fraction of sp³-hybridized carbons (Fsp3) is 0.857. The van der Waals surface area contributed by atoms with Gasteiger partial charge in [-0.3, -0.25) is 0 Å². The van der Waals surface area contributed by atoms with Gasteiger partial charge in [0.1, 0.15) is 0 Å². The molecule has 2 heterocycles. The van der Waals surface area contributed by atoms with E-state index in [1.54, 1.807) is 0 Å². The van der Waals surface area contributed by atoms with E-state index in [9.17, 15) is 9.59 Å². The van der Waals surface area contributed by atoms with Crippen molar-refractivity contribution >= 4 is 33.8 Å². The highest BCUT2D eigenvalue weighted by atomic mass is 33.1. The molecule has 2 rings (SSSR count). The molecule has 2 aliphatic heterocycles. The number of likely N-dealkylation sites (tertiary alicyclic amines) is 2. The molecule has 2 saturated heterocycles. The monoisotopic (exact) mass is 348 g/mol. The predicted octanol–water partition coefficient (Wildman–Crippen LogP) is 3.15. The summed E-state index contributed by atoms with van der Waals surface area (Å²) in [6, 6.07) is 0. The lowest BCUT2D eigenvalue weighted by Gasteiger charge is -2.30. The maximum Gasteiger partial charge on any atom is 0.407 e. The molecular weight excluding hydrogens is 324 g/mol. The van der Waals surface area contributed by atoms with Crippen molar-refractivity contribution in [1.29, 1.82) is 0 Å². The maximum atomic E-state index is 10.8. The van der Waals surface area contributed by atoms with Gasteiger partial charge < -0.3 is 20.0 Å². The predicted molar refractivity (Wildman–Crippen MR) is 89.6 cm³/mol. The molecule has 0 aromatic carbocycles. The van der Waals surface area contributed by atoms with E-state index < -0.39 is 12.2 Å². The number of amides is 2. The molecular formula is C14H24N2O4S2. The van der Waals surface area contributed by atoms with Crippen LogP contribution in [-0.2, 0) is 0 Å². The van der Waals surface area contributed by atoms with Crippen molar-refractivity contribution in [2.75, 3.05) is 37.7 Å². The smallest absolute Gasteiger partial charge is 0.407 e. The first-order chi connectivity index (χ1) is 10.6. The summed E-state index contributed by atoms with van der Waals surface area (Å²) in [4.78, 5) is 24.7. The van der Waals surface area contributed by atoms with Crippen LogP contribution in [0.3, 0.4) is 0 Å². The zero-order valence-corrected chi connectivity index (χ0v) is 14.3. The van der Waals surface area contributed by atoms with E-state index in [2.05, 4.69) is 0 Å². The SMILES string of the molecule is O=C(O)N1CCC(CSSCC2CCN(C(=O)O)CC2)CC1. The number of piperidine rings is 2. The van der Waals surface area contributed by atoms with Gasteiger partial charge in [0.25, 0.3) is 0 Å². The number of carbonyl (C=O) groups is 2. The van der Waals surface area contributed by atoms with Gasteiger partial charge in [-0.25, -0.2) is 9.59 Å². The standard InChI is InChI=1S/C14H24N2O4S2/c17-13(18)15-5-1-11(2-6-15)9-21-22-10-12-3-7-16(8-4-12)14(19)20/h11-12H,1-10H2,(H,17,18)(H,19,20). The number of nitrogens with zero attached hydrogens (tertiary/aromatic N) is 2. The lowest BCUT2D eigenvalue weighted by Crippen LogP contribution is -2.38. The first-order valence-corrected chi connectivity index (χ1v) is 10.2. The molecule has 0 aliphatic carbocycles. The van der Waals surface area contributed by atoms with Crippen molar-refractivity contribution in [3.05, 3.63) is 0 Å². The minimum atomic E-state index is -0.798. The average Bonchev–Trinajstić information content (AvgIpc) is 2.52. The van der Waals surface area contributed by atoms with Crippen LogP contribution in [0, 0.1) is 11.8 Å². The molecule has 2 aliphatic rings. The Hall–Kier alpha value is -0.760. The van der Waals surface area contributed by atoms with E-state index in [1.165, 1.54) is 9.80 Å². The summed E-state index contributed by atoms with van der Waals surface area (Å²) in [6.45, 7) is 2.66. The van der Waals surface area contributed by atoms with Gasteiger partial charge in [-0.2, -0.15) is 0 Å². The minimum Gasteiger partial charge on any atom is -0.465 e. The molecule has 0 saturated carbocycles. The number of carboxylic acid groups (broad SMARTS) is 2. The van der Waals surface area contributed by atoms with Gasteiger partial charge in [0.05, 0.1) is 0 Å². The van der Waals surface area contributed by atoms with Gasteiger partial charge >= 0.3 is 12.2 Å². The van der Waals surface area contributed by atoms with Crippen molar-refractivity contribution in [2.24, 2.45) is 11.8 Å². The molecule has 2 amide bonds. The van der Waals surface area contributed by atoms with Crippen molar-refractivity contribution < 1.29 is 19.8 Å². The molecule has 6 nitrogen and oxygen atoms in total. The number of hydrogen-bond acceptors (Lipinski definition) is 4. The summed E-state index contributed by atoms with van der Waals surface area (Å²) >= 11 is 0. The largest absolute Gasteiger partial charge is 0.465 e. The first-order valence-electron chi connectivity index (χ1n) is 7.76. The van der Waals surface area contributed by atoms with Gasteiger partial charge in [-0.05, 0) is 37.5 Å². The van der Waals surface area contributed by atoms with E-state index in [0.717, 1.165) is 37.2 Å². The van der Waals surface area contributed by atoms with Crippen LogP contribution in [0.5, 0.6) is 0 Å². The lowest BCUT2D eigenvalue weighted by molar-refractivity contribution is 0.126. The van der Waals surface area contributed by atoms with Crippen LogP contribution in [0.4, 0.5) is 9.59 Å². The van der Waals surface area contributed by atoms with Gasteiger partial charge in [-0.1, -0.05) is 21.6 Å². The molecule has 8 heteroatoms. The highest BCUT2D eigenvalue weighted by molar-refractivity contribution is 8.76. The van der Waals surface area contributed by atoms with Crippen molar-refractivity contribution in [2.45, 2.75) is 25.7 Å². The highest BCUT2D eigenvalue weighted by Crippen LogP contribution is 2.32. The Balaban J connectivity index is 1.52.